The van der Waals surface area contributed by atoms with Gasteiger partial charge in [-0.2, -0.15) is 0 Å². The fraction of sp³-hybridized carbons (Fsp3) is 0.389. The highest BCUT2D eigenvalue weighted by Gasteiger charge is 2.06. The van der Waals surface area contributed by atoms with Gasteiger partial charge in [-0.1, -0.05) is 6.07 Å². The Kier molecular flexibility index (Phi) is 9.83. The van der Waals surface area contributed by atoms with E-state index in [2.05, 4.69) is 15.6 Å². The highest BCUT2D eigenvalue weighted by atomic mass is 127. The minimum Gasteiger partial charge on any atom is -0.493 e. The third-order valence-electron chi connectivity index (χ3n) is 3.30. The van der Waals surface area contributed by atoms with E-state index in [0.717, 1.165) is 35.3 Å². The largest absolute Gasteiger partial charge is 0.493 e. The smallest absolute Gasteiger partial charge is 0.191 e. The van der Waals surface area contributed by atoms with E-state index in [1.807, 2.05) is 44.2 Å². The van der Waals surface area contributed by atoms with E-state index in [1.165, 1.54) is 0 Å². The summed E-state index contributed by atoms with van der Waals surface area (Å²) in [6.07, 6.45) is 1.66. The number of nitrogens with one attached hydrogen (secondary N) is 2. The second kappa shape index (κ2) is 11.6. The van der Waals surface area contributed by atoms with Crippen molar-refractivity contribution in [1.82, 2.24) is 10.6 Å². The molecule has 0 unspecified atom stereocenters. The van der Waals surface area contributed by atoms with Crippen LogP contribution in [0.1, 0.15) is 25.2 Å². The van der Waals surface area contributed by atoms with Gasteiger partial charge >= 0.3 is 0 Å². The van der Waals surface area contributed by atoms with Gasteiger partial charge < -0.3 is 24.5 Å². The number of hydrogen-bond acceptors (Lipinski definition) is 4. The van der Waals surface area contributed by atoms with Crippen LogP contribution in [0.3, 0.4) is 0 Å². The summed E-state index contributed by atoms with van der Waals surface area (Å²) in [6, 6.07) is 9.65. The summed E-state index contributed by atoms with van der Waals surface area (Å²) in [6.45, 7) is 6.50. The molecule has 0 aliphatic rings. The molecular formula is C18H26IN3O3. The molecule has 138 valence electrons. The average molecular weight is 459 g/mol. The molecular weight excluding hydrogens is 433 g/mol. The summed E-state index contributed by atoms with van der Waals surface area (Å²) >= 11 is 0. The van der Waals surface area contributed by atoms with E-state index in [-0.39, 0.29) is 24.0 Å². The topological polar surface area (TPSA) is 68.0 Å². The quantitative estimate of drug-likeness (QED) is 0.359. The van der Waals surface area contributed by atoms with E-state index in [4.69, 9.17) is 13.9 Å². The Bertz CT molecular complexity index is 645. The van der Waals surface area contributed by atoms with Crippen molar-refractivity contribution >= 4 is 29.9 Å². The Hall–Kier alpha value is -1.90. The Labute approximate surface area is 166 Å². The lowest BCUT2D eigenvalue weighted by Gasteiger charge is -2.12. The second-order valence-corrected chi connectivity index (χ2v) is 5.05. The monoisotopic (exact) mass is 459 g/mol. The molecule has 1 aromatic carbocycles. The van der Waals surface area contributed by atoms with Gasteiger partial charge in [-0.15, -0.1) is 24.0 Å². The molecule has 0 aliphatic heterocycles. The molecule has 1 heterocycles. The van der Waals surface area contributed by atoms with E-state index >= 15 is 0 Å². The maximum absolute atomic E-state index is 5.53. The van der Waals surface area contributed by atoms with Crippen molar-refractivity contribution in [2.45, 2.75) is 26.9 Å². The summed E-state index contributed by atoms with van der Waals surface area (Å²) in [5, 5.41) is 6.46. The van der Waals surface area contributed by atoms with Crippen LogP contribution in [0, 0.1) is 0 Å². The highest BCUT2D eigenvalue weighted by Crippen LogP contribution is 2.28. The standard InChI is InChI=1S/C18H25N3O3.HI/c1-4-19-18(21-13-15-7-6-10-24-15)20-12-14-8-9-16(23-5-2)17(11-14)22-3;/h6-11H,4-5,12-13H2,1-3H3,(H2,19,20,21);1H. The molecule has 0 atom stereocenters. The summed E-state index contributed by atoms with van der Waals surface area (Å²) in [5.74, 6) is 3.07. The van der Waals surface area contributed by atoms with Crippen molar-refractivity contribution in [2.24, 2.45) is 4.99 Å². The molecule has 0 saturated carbocycles. The third-order valence-corrected chi connectivity index (χ3v) is 3.30. The van der Waals surface area contributed by atoms with Crippen molar-refractivity contribution in [3.05, 3.63) is 47.9 Å². The number of nitrogens with zero attached hydrogens (tertiary/aromatic N) is 1. The fourth-order valence-corrected chi connectivity index (χ4v) is 2.18. The van der Waals surface area contributed by atoms with Gasteiger partial charge in [0, 0.05) is 6.54 Å². The molecule has 2 N–H and O–H groups in total. The SMILES string of the molecule is CCNC(=NCc1ccc(OCC)c(OC)c1)NCc1ccco1.I. The summed E-state index contributed by atoms with van der Waals surface area (Å²) in [4.78, 5) is 4.59. The van der Waals surface area contributed by atoms with Crippen LogP contribution in [0.15, 0.2) is 46.0 Å². The van der Waals surface area contributed by atoms with Crippen molar-refractivity contribution in [2.75, 3.05) is 20.3 Å². The van der Waals surface area contributed by atoms with Crippen LogP contribution in [0.2, 0.25) is 0 Å². The number of ether oxygens (including phenoxy) is 2. The molecule has 0 fully saturated rings. The van der Waals surface area contributed by atoms with Crippen molar-refractivity contribution in [3.8, 4) is 11.5 Å². The van der Waals surface area contributed by atoms with Gasteiger partial charge in [0.15, 0.2) is 17.5 Å². The predicted octanol–water partition coefficient (Wildman–Crippen LogP) is 3.56. The van der Waals surface area contributed by atoms with Gasteiger partial charge in [-0.3, -0.25) is 0 Å². The third kappa shape index (κ3) is 6.85. The second-order valence-electron chi connectivity index (χ2n) is 5.05. The Morgan fingerprint density at radius 2 is 2.00 bits per heavy atom. The molecule has 7 heteroatoms. The van der Waals surface area contributed by atoms with Gasteiger partial charge in [0.05, 0.1) is 33.1 Å². The minimum absolute atomic E-state index is 0. The van der Waals surface area contributed by atoms with E-state index in [0.29, 0.717) is 19.7 Å². The van der Waals surface area contributed by atoms with Crippen LogP contribution in [-0.2, 0) is 13.1 Å². The van der Waals surface area contributed by atoms with Crippen LogP contribution < -0.4 is 20.1 Å². The highest BCUT2D eigenvalue weighted by molar-refractivity contribution is 14.0. The summed E-state index contributed by atoms with van der Waals surface area (Å²) in [7, 11) is 1.64. The zero-order chi connectivity index (χ0) is 17.2. The number of furan rings is 1. The zero-order valence-corrected chi connectivity index (χ0v) is 17.2. The van der Waals surface area contributed by atoms with Crippen molar-refractivity contribution in [1.29, 1.82) is 0 Å². The number of aliphatic imine (C=N–C) groups is 1. The molecule has 0 saturated heterocycles. The number of guanidine groups is 1. The first kappa shape index (κ1) is 21.1. The summed E-state index contributed by atoms with van der Waals surface area (Å²) in [5.41, 5.74) is 1.05. The molecule has 6 nitrogen and oxygen atoms in total. The van der Waals surface area contributed by atoms with Crippen molar-refractivity contribution < 1.29 is 13.9 Å². The van der Waals surface area contributed by atoms with Gasteiger partial charge in [0.2, 0.25) is 0 Å². The minimum atomic E-state index is 0. The molecule has 0 spiro atoms. The first-order valence-electron chi connectivity index (χ1n) is 8.11. The normalized spacial score (nSPS) is 10.8. The first-order valence-corrected chi connectivity index (χ1v) is 8.11. The van der Waals surface area contributed by atoms with Crippen LogP contribution in [0.4, 0.5) is 0 Å². The molecule has 0 bridgehead atoms. The Balaban J connectivity index is 0.00000312. The van der Waals surface area contributed by atoms with Gasteiger partial charge in [-0.25, -0.2) is 4.99 Å². The van der Waals surface area contributed by atoms with Crippen LogP contribution >= 0.6 is 24.0 Å². The number of halogens is 1. The molecule has 0 aliphatic carbocycles. The summed E-state index contributed by atoms with van der Waals surface area (Å²) < 4.78 is 16.2. The molecule has 0 radical (unpaired) electrons. The number of methoxy groups -OCH3 is 1. The lowest BCUT2D eigenvalue weighted by Crippen LogP contribution is -2.36. The first-order chi connectivity index (χ1) is 11.8. The molecule has 2 aromatic rings. The van der Waals surface area contributed by atoms with Crippen LogP contribution in [-0.4, -0.2) is 26.2 Å². The lowest BCUT2D eigenvalue weighted by molar-refractivity contribution is 0.310. The number of rotatable bonds is 8. The Morgan fingerprint density at radius 3 is 2.64 bits per heavy atom. The average Bonchev–Trinajstić information content (AvgIpc) is 3.12. The number of hydrogen-bond donors (Lipinski definition) is 2. The zero-order valence-electron chi connectivity index (χ0n) is 14.9. The van der Waals surface area contributed by atoms with Gasteiger partial charge in [0.25, 0.3) is 0 Å². The van der Waals surface area contributed by atoms with Gasteiger partial charge in [0.1, 0.15) is 5.76 Å². The number of benzene rings is 1. The fourth-order valence-electron chi connectivity index (χ4n) is 2.18. The van der Waals surface area contributed by atoms with Crippen LogP contribution in [0.5, 0.6) is 11.5 Å². The molecule has 0 amide bonds. The maximum Gasteiger partial charge on any atom is 0.191 e. The Morgan fingerprint density at radius 1 is 1.16 bits per heavy atom. The van der Waals surface area contributed by atoms with Gasteiger partial charge in [-0.05, 0) is 43.7 Å². The van der Waals surface area contributed by atoms with E-state index in [9.17, 15) is 0 Å². The predicted molar refractivity (Wildman–Crippen MR) is 110 cm³/mol. The van der Waals surface area contributed by atoms with Crippen LogP contribution in [0.25, 0.3) is 0 Å². The maximum atomic E-state index is 5.53. The van der Waals surface area contributed by atoms with Crippen molar-refractivity contribution in [3.63, 3.8) is 0 Å². The van der Waals surface area contributed by atoms with E-state index in [1.54, 1.807) is 13.4 Å². The lowest BCUT2D eigenvalue weighted by atomic mass is 10.2. The molecule has 2 rings (SSSR count). The molecule has 25 heavy (non-hydrogen) atoms. The van der Waals surface area contributed by atoms with E-state index < -0.39 is 0 Å². The molecule has 1 aromatic heterocycles.